The van der Waals surface area contributed by atoms with Crippen molar-refractivity contribution >= 4 is 38.9 Å². The van der Waals surface area contributed by atoms with Gasteiger partial charge < -0.3 is 0 Å². The number of fused-ring (bicyclic) bond motifs is 2. The minimum absolute atomic E-state index is 0.116. The third-order valence-electron chi connectivity index (χ3n) is 5.75. The van der Waals surface area contributed by atoms with Crippen LogP contribution < -0.4 is 0 Å². The Balaban J connectivity index is 1.84. The van der Waals surface area contributed by atoms with Gasteiger partial charge in [-0.1, -0.05) is 91.9 Å². The van der Waals surface area contributed by atoms with Crippen LogP contribution in [0.5, 0.6) is 0 Å². The Morgan fingerprint density at radius 2 is 1.26 bits per heavy atom. The molecule has 0 aromatic heterocycles. The Morgan fingerprint density at radius 3 is 1.97 bits per heavy atom. The first-order valence-corrected chi connectivity index (χ1v) is 10.7. The summed E-state index contributed by atoms with van der Waals surface area (Å²) in [6.45, 7) is 1.87. The van der Waals surface area contributed by atoms with E-state index in [4.69, 9.17) is 0 Å². The second kappa shape index (κ2) is 9.05. The van der Waals surface area contributed by atoms with Gasteiger partial charge >= 0.3 is 0 Å². The smallest absolute Gasteiger partial charge is 0.199 e. The van der Waals surface area contributed by atoms with Crippen LogP contribution in [0.2, 0.25) is 0 Å². The van der Waals surface area contributed by atoms with Crippen molar-refractivity contribution in [2.45, 2.75) is 32.1 Å². The molecule has 0 bridgehead atoms. The van der Waals surface area contributed by atoms with Gasteiger partial charge in [0.25, 0.3) is 0 Å². The van der Waals surface area contributed by atoms with Gasteiger partial charge in [-0.15, -0.1) is 0 Å². The van der Waals surface area contributed by atoms with Gasteiger partial charge in [-0.2, -0.15) is 0 Å². The van der Waals surface area contributed by atoms with Crippen LogP contribution >= 0.6 is 0 Å². The van der Waals surface area contributed by atoms with Crippen LogP contribution in [0.3, 0.4) is 0 Å². The maximum atomic E-state index is 13.9. The van der Waals surface area contributed by atoms with Crippen LogP contribution in [0.15, 0.2) is 84.9 Å². The summed E-state index contributed by atoms with van der Waals surface area (Å²) in [5.74, 6) is -1.73. The average Bonchev–Trinajstić information content (AvgIpc) is 2.81. The van der Waals surface area contributed by atoms with Gasteiger partial charge in [0, 0.05) is 18.4 Å². The molecule has 31 heavy (non-hydrogen) atoms. The summed E-state index contributed by atoms with van der Waals surface area (Å²) in [6, 6.07) is 27.0. The number of ketones is 3. The topological polar surface area (TPSA) is 51.2 Å². The first-order valence-electron chi connectivity index (χ1n) is 10.7. The zero-order valence-electron chi connectivity index (χ0n) is 17.5. The Hall–Kier alpha value is -3.59. The molecule has 3 heteroatoms. The molecule has 4 aromatic rings. The van der Waals surface area contributed by atoms with E-state index < -0.39 is 17.5 Å². The summed E-state index contributed by atoms with van der Waals surface area (Å²) >= 11 is 0. The standard InChI is InChI=1S/C28H24O3/c1-2-9-26(29)27(30)18-25(23-16-7-12-19-10-3-5-14-21(19)23)28(31)24-17-8-13-20-11-4-6-15-22(20)24/h3-8,10-17,25H,2,9,18H2,1H3. The summed E-state index contributed by atoms with van der Waals surface area (Å²) in [7, 11) is 0. The third-order valence-corrected chi connectivity index (χ3v) is 5.75. The molecule has 0 N–H and O–H groups in total. The van der Waals surface area contributed by atoms with Crippen molar-refractivity contribution < 1.29 is 14.4 Å². The number of hydrogen-bond donors (Lipinski definition) is 0. The predicted octanol–water partition coefficient (Wildman–Crippen LogP) is 6.29. The van der Waals surface area contributed by atoms with Crippen LogP contribution in [0.1, 0.15) is 48.0 Å². The molecular weight excluding hydrogens is 384 g/mol. The molecule has 0 aliphatic rings. The molecule has 0 radical (unpaired) electrons. The summed E-state index contributed by atoms with van der Waals surface area (Å²) in [5, 5.41) is 3.76. The van der Waals surface area contributed by atoms with Crippen LogP contribution in [-0.2, 0) is 9.59 Å². The molecule has 0 heterocycles. The van der Waals surface area contributed by atoms with E-state index in [1.54, 1.807) is 6.07 Å². The molecule has 1 atom stereocenters. The first kappa shape index (κ1) is 20.7. The van der Waals surface area contributed by atoms with E-state index in [2.05, 4.69) is 0 Å². The molecule has 0 saturated heterocycles. The van der Waals surface area contributed by atoms with E-state index in [1.165, 1.54) is 0 Å². The molecule has 4 aromatic carbocycles. The maximum Gasteiger partial charge on any atom is 0.199 e. The lowest BCUT2D eigenvalue weighted by Crippen LogP contribution is -2.22. The van der Waals surface area contributed by atoms with Gasteiger partial charge in [0.15, 0.2) is 17.3 Å². The van der Waals surface area contributed by atoms with Gasteiger partial charge in [0.05, 0.1) is 5.92 Å². The minimum atomic E-state index is -0.717. The van der Waals surface area contributed by atoms with Crippen LogP contribution in [0.25, 0.3) is 21.5 Å². The van der Waals surface area contributed by atoms with Crippen molar-refractivity contribution in [1.82, 2.24) is 0 Å². The number of carbonyl (C=O) groups is 3. The largest absolute Gasteiger partial charge is 0.293 e. The molecule has 0 saturated carbocycles. The molecular formula is C28H24O3. The zero-order valence-corrected chi connectivity index (χ0v) is 17.5. The van der Waals surface area contributed by atoms with Crippen LogP contribution in [0.4, 0.5) is 0 Å². The number of Topliss-reactive ketones (excluding diaryl/α,β-unsaturated/α-hetero) is 3. The van der Waals surface area contributed by atoms with Crippen molar-refractivity contribution in [2.75, 3.05) is 0 Å². The first-order chi connectivity index (χ1) is 15.1. The van der Waals surface area contributed by atoms with Crippen molar-refractivity contribution in [3.8, 4) is 0 Å². The lowest BCUT2D eigenvalue weighted by Gasteiger charge is -2.19. The molecule has 0 aliphatic carbocycles. The molecule has 154 valence electrons. The quantitative estimate of drug-likeness (QED) is 0.254. The van der Waals surface area contributed by atoms with E-state index in [9.17, 15) is 14.4 Å². The number of hydrogen-bond acceptors (Lipinski definition) is 3. The summed E-state index contributed by atoms with van der Waals surface area (Å²) in [4.78, 5) is 38.9. The van der Waals surface area contributed by atoms with Gasteiger partial charge in [0.2, 0.25) is 0 Å². The Bertz CT molecular complexity index is 1280. The fourth-order valence-corrected chi connectivity index (χ4v) is 4.19. The van der Waals surface area contributed by atoms with Gasteiger partial charge in [0.1, 0.15) is 0 Å². The van der Waals surface area contributed by atoms with Crippen molar-refractivity contribution in [3.05, 3.63) is 96.1 Å². The predicted molar refractivity (Wildman–Crippen MR) is 125 cm³/mol. The Labute approximate surface area is 181 Å². The molecule has 4 rings (SSSR count). The molecule has 0 spiro atoms. The van der Waals surface area contributed by atoms with Crippen molar-refractivity contribution in [2.24, 2.45) is 0 Å². The van der Waals surface area contributed by atoms with E-state index in [-0.39, 0.29) is 18.6 Å². The average molecular weight is 408 g/mol. The summed E-state index contributed by atoms with van der Waals surface area (Å²) in [6.07, 6.45) is 0.708. The molecule has 3 nitrogen and oxygen atoms in total. The summed E-state index contributed by atoms with van der Waals surface area (Å²) < 4.78 is 0. The molecule has 0 fully saturated rings. The number of rotatable bonds is 8. The Morgan fingerprint density at radius 1 is 0.677 bits per heavy atom. The fourth-order valence-electron chi connectivity index (χ4n) is 4.19. The lowest BCUT2D eigenvalue weighted by atomic mass is 9.82. The monoisotopic (exact) mass is 408 g/mol. The van der Waals surface area contributed by atoms with Crippen molar-refractivity contribution in [3.63, 3.8) is 0 Å². The zero-order chi connectivity index (χ0) is 21.8. The molecule has 0 aliphatic heterocycles. The second-order valence-corrected chi connectivity index (χ2v) is 7.81. The Kier molecular flexibility index (Phi) is 6.03. The second-order valence-electron chi connectivity index (χ2n) is 7.81. The normalized spacial score (nSPS) is 12.0. The van der Waals surface area contributed by atoms with Crippen molar-refractivity contribution in [1.29, 1.82) is 0 Å². The highest BCUT2D eigenvalue weighted by Crippen LogP contribution is 2.33. The SMILES string of the molecule is CCCC(=O)C(=O)CC(C(=O)c1cccc2ccccc12)c1cccc2ccccc12. The van der Waals surface area contributed by atoms with E-state index in [1.807, 2.05) is 85.8 Å². The molecule has 1 unspecified atom stereocenters. The highest BCUT2D eigenvalue weighted by molar-refractivity contribution is 6.38. The van der Waals surface area contributed by atoms with Crippen LogP contribution in [0, 0.1) is 0 Å². The van der Waals surface area contributed by atoms with Crippen LogP contribution in [-0.4, -0.2) is 17.3 Å². The lowest BCUT2D eigenvalue weighted by molar-refractivity contribution is -0.136. The van der Waals surface area contributed by atoms with E-state index in [0.717, 1.165) is 27.1 Å². The van der Waals surface area contributed by atoms with Gasteiger partial charge in [-0.25, -0.2) is 0 Å². The van der Waals surface area contributed by atoms with Gasteiger partial charge in [-0.3, -0.25) is 14.4 Å². The summed E-state index contributed by atoms with van der Waals surface area (Å²) in [5.41, 5.74) is 1.36. The van der Waals surface area contributed by atoms with Gasteiger partial charge in [-0.05, 0) is 33.5 Å². The fraction of sp³-hybridized carbons (Fsp3) is 0.179. The van der Waals surface area contributed by atoms with E-state index >= 15 is 0 Å². The number of carbonyl (C=O) groups excluding carboxylic acids is 3. The third kappa shape index (κ3) is 4.17. The molecule has 0 amide bonds. The number of benzene rings is 4. The van der Waals surface area contributed by atoms with E-state index in [0.29, 0.717) is 12.0 Å². The minimum Gasteiger partial charge on any atom is -0.293 e. The highest BCUT2D eigenvalue weighted by atomic mass is 16.2. The highest BCUT2D eigenvalue weighted by Gasteiger charge is 2.29. The maximum absolute atomic E-state index is 13.9.